The first-order chi connectivity index (χ1) is 11.1. The van der Waals surface area contributed by atoms with E-state index in [0.29, 0.717) is 16.6 Å². The zero-order chi connectivity index (χ0) is 16.4. The summed E-state index contributed by atoms with van der Waals surface area (Å²) in [5.74, 6) is -1.48. The Morgan fingerprint density at radius 1 is 1.43 bits per heavy atom. The molecule has 0 bridgehead atoms. The number of morpholine rings is 1. The summed E-state index contributed by atoms with van der Waals surface area (Å²) in [5, 5.41) is 12.1. The molecule has 1 aliphatic heterocycles. The summed E-state index contributed by atoms with van der Waals surface area (Å²) in [6, 6.07) is 6.21. The lowest BCUT2D eigenvalue weighted by atomic mass is 10.2. The van der Waals surface area contributed by atoms with Crippen molar-refractivity contribution in [1.29, 1.82) is 0 Å². The average molecular weight is 353 g/mol. The van der Waals surface area contributed by atoms with Crippen LogP contribution in [0.2, 0.25) is 5.02 Å². The maximum absolute atomic E-state index is 12.6. The van der Waals surface area contributed by atoms with E-state index >= 15 is 0 Å². The predicted octanol–water partition coefficient (Wildman–Crippen LogP) is 2.39. The Bertz CT molecular complexity index is 749. The Morgan fingerprint density at radius 2 is 2.26 bits per heavy atom. The fourth-order valence-electron chi connectivity index (χ4n) is 2.32. The first-order valence-electron chi connectivity index (χ1n) is 6.89. The number of carboxylic acids is 1. The maximum atomic E-state index is 12.6. The van der Waals surface area contributed by atoms with Crippen molar-refractivity contribution in [1.82, 2.24) is 9.88 Å². The third kappa shape index (κ3) is 3.36. The maximum Gasteiger partial charge on any atom is 0.328 e. The van der Waals surface area contributed by atoms with Gasteiger partial charge in [0.25, 0.3) is 5.91 Å². The van der Waals surface area contributed by atoms with Crippen LogP contribution < -0.4 is 0 Å². The molecule has 1 N–H and O–H groups in total. The van der Waals surface area contributed by atoms with Gasteiger partial charge in [-0.25, -0.2) is 9.78 Å². The quantitative estimate of drug-likeness (QED) is 0.917. The number of carbonyl (C=O) groups excluding carboxylic acids is 1. The Labute approximate surface area is 141 Å². The first-order valence-corrected chi connectivity index (χ1v) is 8.15. The van der Waals surface area contributed by atoms with Crippen molar-refractivity contribution in [2.75, 3.05) is 19.8 Å². The lowest BCUT2D eigenvalue weighted by Crippen LogP contribution is -2.52. The second-order valence-corrected chi connectivity index (χ2v) is 6.27. The number of hydrogen-bond donors (Lipinski definition) is 1. The summed E-state index contributed by atoms with van der Waals surface area (Å²) < 4.78 is 5.14. The molecular formula is C15H13ClN2O4S. The van der Waals surface area contributed by atoms with Gasteiger partial charge in [-0.3, -0.25) is 4.79 Å². The van der Waals surface area contributed by atoms with Crippen LogP contribution in [-0.4, -0.2) is 52.7 Å². The Hall–Kier alpha value is -1.96. The summed E-state index contributed by atoms with van der Waals surface area (Å²) in [4.78, 5) is 29.4. The van der Waals surface area contributed by atoms with Gasteiger partial charge in [0, 0.05) is 22.5 Å². The van der Waals surface area contributed by atoms with E-state index in [4.69, 9.17) is 16.3 Å². The van der Waals surface area contributed by atoms with Crippen LogP contribution in [0.25, 0.3) is 10.6 Å². The average Bonchev–Trinajstić information content (AvgIpc) is 3.04. The molecule has 1 amide bonds. The van der Waals surface area contributed by atoms with Gasteiger partial charge in [0.2, 0.25) is 0 Å². The summed E-state index contributed by atoms with van der Waals surface area (Å²) in [5.41, 5.74) is 1.05. The number of amides is 1. The summed E-state index contributed by atoms with van der Waals surface area (Å²) in [6.45, 7) is 0.549. The highest BCUT2D eigenvalue weighted by atomic mass is 35.5. The Kier molecular flexibility index (Phi) is 4.61. The first kappa shape index (κ1) is 15.9. The van der Waals surface area contributed by atoms with E-state index in [-0.39, 0.29) is 18.8 Å². The molecule has 3 rings (SSSR count). The highest BCUT2D eigenvalue weighted by molar-refractivity contribution is 7.13. The van der Waals surface area contributed by atoms with E-state index < -0.39 is 17.9 Å². The smallest absolute Gasteiger partial charge is 0.328 e. The minimum Gasteiger partial charge on any atom is -0.480 e. The zero-order valence-electron chi connectivity index (χ0n) is 11.9. The van der Waals surface area contributed by atoms with Crippen LogP contribution in [-0.2, 0) is 9.53 Å². The van der Waals surface area contributed by atoms with E-state index in [1.807, 2.05) is 12.1 Å². The minimum absolute atomic E-state index is 0.00758. The van der Waals surface area contributed by atoms with Gasteiger partial charge in [0.15, 0.2) is 6.04 Å². The molecule has 1 saturated heterocycles. The van der Waals surface area contributed by atoms with Crippen LogP contribution in [0.5, 0.6) is 0 Å². The fourth-order valence-corrected chi connectivity index (χ4v) is 3.31. The molecule has 0 radical (unpaired) electrons. The topological polar surface area (TPSA) is 79.7 Å². The molecule has 23 heavy (non-hydrogen) atoms. The highest BCUT2D eigenvalue weighted by Crippen LogP contribution is 2.27. The van der Waals surface area contributed by atoms with Crippen molar-refractivity contribution < 1.29 is 19.4 Å². The molecule has 0 unspecified atom stereocenters. The summed E-state index contributed by atoms with van der Waals surface area (Å²) in [7, 11) is 0. The van der Waals surface area contributed by atoms with E-state index in [1.54, 1.807) is 17.5 Å². The number of thiazole rings is 1. The number of hydrogen-bond acceptors (Lipinski definition) is 5. The molecule has 120 valence electrons. The Morgan fingerprint density at radius 3 is 3.00 bits per heavy atom. The van der Waals surface area contributed by atoms with Crippen LogP contribution in [0.3, 0.4) is 0 Å². The molecule has 6 nitrogen and oxygen atoms in total. The lowest BCUT2D eigenvalue weighted by Gasteiger charge is -2.32. The molecule has 0 aliphatic carbocycles. The predicted molar refractivity (Wildman–Crippen MR) is 85.8 cm³/mol. The molecule has 1 atom stereocenters. The molecule has 2 heterocycles. The van der Waals surface area contributed by atoms with Gasteiger partial charge >= 0.3 is 5.97 Å². The molecule has 0 saturated carbocycles. The third-order valence-electron chi connectivity index (χ3n) is 3.47. The van der Waals surface area contributed by atoms with Gasteiger partial charge in [-0.15, -0.1) is 11.3 Å². The molecule has 1 aliphatic rings. The van der Waals surface area contributed by atoms with E-state index in [2.05, 4.69) is 4.98 Å². The van der Waals surface area contributed by atoms with Gasteiger partial charge < -0.3 is 14.7 Å². The lowest BCUT2D eigenvalue weighted by molar-refractivity contribution is -0.147. The SMILES string of the molecule is O=C(O)[C@H]1COCCN1C(=O)c1csc(-c2cccc(Cl)c2)n1. The molecule has 2 aromatic rings. The van der Waals surface area contributed by atoms with Gasteiger partial charge in [-0.1, -0.05) is 23.7 Å². The van der Waals surface area contributed by atoms with Crippen molar-refractivity contribution in [2.24, 2.45) is 0 Å². The summed E-state index contributed by atoms with van der Waals surface area (Å²) in [6.07, 6.45) is 0. The number of aromatic nitrogens is 1. The van der Waals surface area contributed by atoms with Crippen molar-refractivity contribution in [3.8, 4) is 10.6 Å². The number of ether oxygens (including phenoxy) is 1. The minimum atomic E-state index is -1.08. The normalized spacial score (nSPS) is 18.0. The highest BCUT2D eigenvalue weighted by Gasteiger charge is 2.34. The second-order valence-electron chi connectivity index (χ2n) is 4.98. The van der Waals surface area contributed by atoms with Crippen LogP contribution in [0, 0.1) is 0 Å². The molecule has 0 spiro atoms. The van der Waals surface area contributed by atoms with Crippen molar-refractivity contribution in [2.45, 2.75) is 6.04 Å². The standard InChI is InChI=1S/C15H13ClN2O4S/c16-10-3-1-2-9(6-10)13-17-11(8-23-13)14(19)18-4-5-22-7-12(18)15(20)21/h1-3,6,8,12H,4-5,7H2,(H,20,21)/t12-/m1/s1. The summed E-state index contributed by atoms with van der Waals surface area (Å²) >= 11 is 7.28. The van der Waals surface area contributed by atoms with Gasteiger partial charge in [0.05, 0.1) is 13.2 Å². The van der Waals surface area contributed by atoms with Crippen molar-refractivity contribution >= 4 is 34.8 Å². The van der Waals surface area contributed by atoms with Gasteiger partial charge in [0.1, 0.15) is 10.7 Å². The van der Waals surface area contributed by atoms with Gasteiger partial charge in [-0.2, -0.15) is 0 Å². The molecule has 1 aromatic carbocycles. The number of rotatable bonds is 3. The van der Waals surface area contributed by atoms with Crippen molar-refractivity contribution in [3.05, 3.63) is 40.4 Å². The number of nitrogens with zero attached hydrogens (tertiary/aromatic N) is 2. The second kappa shape index (κ2) is 6.66. The molecule has 8 heteroatoms. The number of carboxylic acid groups (broad SMARTS) is 1. The largest absolute Gasteiger partial charge is 0.480 e. The van der Waals surface area contributed by atoms with Gasteiger partial charge in [-0.05, 0) is 12.1 Å². The number of halogens is 1. The zero-order valence-corrected chi connectivity index (χ0v) is 13.5. The van der Waals surface area contributed by atoms with E-state index in [9.17, 15) is 14.7 Å². The monoisotopic (exact) mass is 352 g/mol. The van der Waals surface area contributed by atoms with Crippen LogP contribution in [0.4, 0.5) is 0 Å². The van der Waals surface area contributed by atoms with Crippen molar-refractivity contribution in [3.63, 3.8) is 0 Å². The third-order valence-corrected chi connectivity index (χ3v) is 4.60. The number of aliphatic carboxylic acids is 1. The number of carbonyl (C=O) groups is 2. The number of benzene rings is 1. The fraction of sp³-hybridized carbons (Fsp3) is 0.267. The van der Waals surface area contributed by atoms with E-state index in [1.165, 1.54) is 16.2 Å². The van der Waals surface area contributed by atoms with Crippen LogP contribution >= 0.6 is 22.9 Å². The Balaban J connectivity index is 1.84. The van der Waals surface area contributed by atoms with Crippen LogP contribution in [0.15, 0.2) is 29.6 Å². The molecule has 1 aromatic heterocycles. The molecular weight excluding hydrogens is 340 g/mol. The van der Waals surface area contributed by atoms with E-state index in [0.717, 1.165) is 5.56 Å². The molecule has 1 fully saturated rings. The van der Waals surface area contributed by atoms with Crippen LogP contribution in [0.1, 0.15) is 10.5 Å².